The van der Waals surface area contributed by atoms with Gasteiger partial charge in [0.25, 0.3) is 5.89 Å². The van der Waals surface area contributed by atoms with Gasteiger partial charge in [0.2, 0.25) is 0 Å². The Morgan fingerprint density at radius 1 is 1.26 bits per heavy atom. The SMILES string of the molecule is Cc1ccc(O)c(-c2cc(-c3nnc(N)o3)[nH]n2)c1. The second-order valence-electron chi connectivity index (χ2n) is 4.13. The van der Waals surface area contributed by atoms with Crippen LogP contribution in [0.3, 0.4) is 0 Å². The summed E-state index contributed by atoms with van der Waals surface area (Å²) in [5, 5.41) is 24.1. The van der Waals surface area contributed by atoms with Gasteiger partial charge in [0, 0.05) is 5.56 Å². The molecular weight excluding hydrogens is 246 g/mol. The molecule has 0 unspecified atom stereocenters. The van der Waals surface area contributed by atoms with Crippen molar-refractivity contribution < 1.29 is 9.52 Å². The highest BCUT2D eigenvalue weighted by Crippen LogP contribution is 2.30. The van der Waals surface area contributed by atoms with E-state index in [9.17, 15) is 5.11 Å². The van der Waals surface area contributed by atoms with E-state index in [0.717, 1.165) is 5.56 Å². The van der Waals surface area contributed by atoms with Gasteiger partial charge in [-0.3, -0.25) is 5.10 Å². The number of phenols is 1. The molecule has 0 aliphatic rings. The topological polar surface area (TPSA) is 114 Å². The highest BCUT2D eigenvalue weighted by atomic mass is 16.4. The van der Waals surface area contributed by atoms with Crippen molar-refractivity contribution in [3.63, 3.8) is 0 Å². The van der Waals surface area contributed by atoms with Crippen molar-refractivity contribution in [1.82, 2.24) is 20.4 Å². The van der Waals surface area contributed by atoms with Gasteiger partial charge in [-0.2, -0.15) is 5.10 Å². The molecule has 0 aliphatic carbocycles. The standard InChI is InChI=1S/C12H11N5O2/c1-6-2-3-10(18)7(4-6)8-5-9(15-14-8)11-16-17-12(13)19-11/h2-5,18H,1H3,(H2,13,17)(H,14,15). The molecule has 0 radical (unpaired) electrons. The minimum absolute atomic E-state index is 0.00967. The maximum absolute atomic E-state index is 9.85. The lowest BCUT2D eigenvalue weighted by atomic mass is 10.1. The summed E-state index contributed by atoms with van der Waals surface area (Å²) in [6.07, 6.45) is 0. The Morgan fingerprint density at radius 2 is 2.11 bits per heavy atom. The van der Waals surface area contributed by atoms with Crippen molar-refractivity contribution in [1.29, 1.82) is 0 Å². The summed E-state index contributed by atoms with van der Waals surface area (Å²) < 4.78 is 5.09. The molecule has 0 spiro atoms. The van der Waals surface area contributed by atoms with Crippen LogP contribution in [0.25, 0.3) is 22.8 Å². The van der Waals surface area contributed by atoms with Gasteiger partial charge in [-0.25, -0.2) is 0 Å². The van der Waals surface area contributed by atoms with Crippen molar-refractivity contribution in [2.75, 3.05) is 5.73 Å². The van der Waals surface area contributed by atoms with E-state index in [1.807, 2.05) is 19.1 Å². The second kappa shape index (κ2) is 4.13. The van der Waals surface area contributed by atoms with E-state index < -0.39 is 0 Å². The highest BCUT2D eigenvalue weighted by molar-refractivity contribution is 5.70. The molecule has 7 nitrogen and oxygen atoms in total. The molecule has 0 saturated carbocycles. The zero-order valence-electron chi connectivity index (χ0n) is 10.1. The Bertz CT molecular complexity index is 731. The molecule has 3 rings (SSSR count). The number of hydrogen-bond acceptors (Lipinski definition) is 6. The number of aromatic nitrogens is 4. The number of nitrogens with one attached hydrogen (secondary N) is 1. The van der Waals surface area contributed by atoms with Crippen LogP contribution < -0.4 is 5.73 Å². The predicted octanol–water partition coefficient (Wildman–Crippen LogP) is 1.72. The van der Waals surface area contributed by atoms with E-state index in [1.54, 1.807) is 12.1 Å². The first kappa shape index (κ1) is 11.3. The molecule has 0 saturated heterocycles. The molecule has 96 valence electrons. The molecule has 19 heavy (non-hydrogen) atoms. The number of nitrogens with zero attached hydrogens (tertiary/aromatic N) is 3. The highest BCUT2D eigenvalue weighted by Gasteiger charge is 2.13. The summed E-state index contributed by atoms with van der Waals surface area (Å²) in [5.41, 5.74) is 8.16. The van der Waals surface area contributed by atoms with Crippen LogP contribution in [0.15, 0.2) is 28.7 Å². The fraction of sp³-hybridized carbons (Fsp3) is 0.0833. The van der Waals surface area contributed by atoms with E-state index in [2.05, 4.69) is 20.4 Å². The fourth-order valence-corrected chi connectivity index (χ4v) is 1.77. The fourth-order valence-electron chi connectivity index (χ4n) is 1.77. The number of H-pyrrole nitrogens is 1. The van der Waals surface area contributed by atoms with Crippen LogP contribution in [-0.4, -0.2) is 25.5 Å². The van der Waals surface area contributed by atoms with Crippen molar-refractivity contribution in [3.05, 3.63) is 29.8 Å². The number of nitrogens with two attached hydrogens (primary N) is 1. The molecular formula is C12H11N5O2. The largest absolute Gasteiger partial charge is 0.507 e. The number of hydrogen-bond donors (Lipinski definition) is 3. The van der Waals surface area contributed by atoms with Crippen LogP contribution in [0.1, 0.15) is 5.56 Å². The Kier molecular flexibility index (Phi) is 2.45. The molecule has 2 heterocycles. The van der Waals surface area contributed by atoms with Gasteiger partial charge < -0.3 is 15.3 Å². The number of aromatic amines is 1. The van der Waals surface area contributed by atoms with E-state index in [-0.39, 0.29) is 17.7 Å². The third-order valence-corrected chi connectivity index (χ3v) is 2.68. The number of aryl methyl sites for hydroxylation is 1. The lowest BCUT2D eigenvalue weighted by molar-refractivity contribution is 0.477. The zero-order valence-corrected chi connectivity index (χ0v) is 10.1. The Morgan fingerprint density at radius 3 is 2.84 bits per heavy atom. The average molecular weight is 257 g/mol. The van der Waals surface area contributed by atoms with E-state index >= 15 is 0 Å². The molecule has 0 bridgehead atoms. The summed E-state index contributed by atoms with van der Waals surface area (Å²) in [6.45, 7) is 1.94. The minimum atomic E-state index is -0.00967. The number of anilines is 1. The van der Waals surface area contributed by atoms with Gasteiger partial charge in [0.15, 0.2) is 0 Å². The summed E-state index contributed by atoms with van der Waals surface area (Å²) in [6, 6.07) is 7.00. The first-order valence-electron chi connectivity index (χ1n) is 5.58. The van der Waals surface area contributed by atoms with Gasteiger partial charge in [0.1, 0.15) is 11.4 Å². The molecule has 0 atom stereocenters. The van der Waals surface area contributed by atoms with Gasteiger partial charge in [-0.1, -0.05) is 16.7 Å². The quantitative estimate of drug-likeness (QED) is 0.644. The number of rotatable bonds is 2. The molecule has 7 heteroatoms. The minimum Gasteiger partial charge on any atom is -0.507 e. The summed E-state index contributed by atoms with van der Waals surface area (Å²) >= 11 is 0. The lowest BCUT2D eigenvalue weighted by Gasteiger charge is -2.01. The van der Waals surface area contributed by atoms with Crippen LogP contribution in [0.4, 0.5) is 6.01 Å². The summed E-state index contributed by atoms with van der Waals surface area (Å²) in [7, 11) is 0. The van der Waals surface area contributed by atoms with E-state index in [0.29, 0.717) is 17.0 Å². The maximum atomic E-state index is 9.85. The first-order chi connectivity index (χ1) is 9.13. The smallest absolute Gasteiger partial charge is 0.313 e. The molecule has 4 N–H and O–H groups in total. The number of aromatic hydroxyl groups is 1. The van der Waals surface area contributed by atoms with Gasteiger partial charge in [-0.05, 0) is 25.1 Å². The maximum Gasteiger partial charge on any atom is 0.313 e. The van der Waals surface area contributed by atoms with Crippen LogP contribution in [-0.2, 0) is 0 Å². The number of nitrogen functional groups attached to an aromatic ring is 1. The van der Waals surface area contributed by atoms with Gasteiger partial charge in [0.05, 0.1) is 5.69 Å². The first-order valence-corrected chi connectivity index (χ1v) is 5.58. The summed E-state index contributed by atoms with van der Waals surface area (Å²) in [4.78, 5) is 0. The van der Waals surface area contributed by atoms with Crippen molar-refractivity contribution in [3.8, 4) is 28.6 Å². The van der Waals surface area contributed by atoms with Crippen molar-refractivity contribution in [2.24, 2.45) is 0 Å². The Balaban J connectivity index is 2.03. The second-order valence-corrected chi connectivity index (χ2v) is 4.13. The Labute approximate surface area is 108 Å². The third-order valence-electron chi connectivity index (χ3n) is 2.68. The Hall–Kier alpha value is -2.83. The average Bonchev–Trinajstić information content (AvgIpc) is 3.00. The number of benzene rings is 1. The zero-order chi connectivity index (χ0) is 13.4. The molecule has 0 amide bonds. The van der Waals surface area contributed by atoms with Gasteiger partial charge in [-0.15, -0.1) is 5.10 Å². The molecule has 0 aliphatic heterocycles. The van der Waals surface area contributed by atoms with Crippen molar-refractivity contribution in [2.45, 2.75) is 6.92 Å². The lowest BCUT2D eigenvalue weighted by Crippen LogP contribution is -1.81. The van der Waals surface area contributed by atoms with Gasteiger partial charge >= 0.3 is 6.01 Å². The third kappa shape index (κ3) is 2.01. The molecule has 1 aromatic carbocycles. The molecule has 3 aromatic rings. The van der Waals surface area contributed by atoms with Crippen molar-refractivity contribution >= 4 is 6.01 Å². The van der Waals surface area contributed by atoms with Crippen LogP contribution in [0.5, 0.6) is 5.75 Å². The normalized spacial score (nSPS) is 10.8. The van der Waals surface area contributed by atoms with Crippen LogP contribution in [0, 0.1) is 6.92 Å². The van der Waals surface area contributed by atoms with Crippen LogP contribution in [0.2, 0.25) is 0 Å². The number of phenolic OH excluding ortho intramolecular Hbond substituents is 1. The monoisotopic (exact) mass is 257 g/mol. The van der Waals surface area contributed by atoms with E-state index in [4.69, 9.17) is 10.2 Å². The summed E-state index contributed by atoms with van der Waals surface area (Å²) in [5.74, 6) is 0.414. The van der Waals surface area contributed by atoms with Crippen LogP contribution >= 0.6 is 0 Å². The van der Waals surface area contributed by atoms with E-state index in [1.165, 1.54) is 0 Å². The molecule has 2 aromatic heterocycles. The molecule has 0 fully saturated rings. The predicted molar refractivity (Wildman–Crippen MR) is 68.1 cm³/mol.